The highest BCUT2D eigenvalue weighted by Crippen LogP contribution is 2.36. The maximum Gasteiger partial charge on any atom is 0.103 e. The molecule has 3 fully saturated rings. The quantitative estimate of drug-likeness (QED) is 0.714. The summed E-state index contributed by atoms with van der Waals surface area (Å²) in [5.41, 5.74) is 3.10. The Bertz CT molecular complexity index is 1050. The van der Waals surface area contributed by atoms with Crippen molar-refractivity contribution in [2.24, 2.45) is 0 Å². The van der Waals surface area contributed by atoms with Crippen molar-refractivity contribution in [2.75, 3.05) is 31.1 Å². The molecule has 2 unspecified atom stereocenters. The van der Waals surface area contributed by atoms with E-state index in [1.807, 2.05) is 27.8 Å². The number of hydrogen-bond acceptors (Lipinski definition) is 5. The van der Waals surface area contributed by atoms with E-state index in [-0.39, 0.29) is 6.10 Å². The molecule has 1 aliphatic heterocycles. The number of aromatic nitrogens is 4. The number of fused-ring (bicyclic) bond motifs is 1. The van der Waals surface area contributed by atoms with Crippen LogP contribution in [0.15, 0.2) is 30.7 Å². The molecule has 0 bridgehead atoms. The van der Waals surface area contributed by atoms with Crippen molar-refractivity contribution < 1.29 is 5.11 Å². The van der Waals surface area contributed by atoms with E-state index >= 15 is 0 Å². The topological polar surface area (TPSA) is 62.4 Å². The van der Waals surface area contributed by atoms with Crippen LogP contribution in [0.3, 0.4) is 0 Å². The second-order valence-corrected chi connectivity index (χ2v) is 8.97. The van der Waals surface area contributed by atoms with Crippen LogP contribution in [0.5, 0.6) is 0 Å². The number of benzene rings is 1. The van der Waals surface area contributed by atoms with Gasteiger partial charge in [0.1, 0.15) is 5.69 Å². The number of aliphatic hydroxyl groups is 1. The van der Waals surface area contributed by atoms with E-state index in [2.05, 4.69) is 32.3 Å². The third-order valence-electron chi connectivity index (χ3n) is 6.72. The van der Waals surface area contributed by atoms with Crippen LogP contribution in [-0.2, 0) is 0 Å². The Morgan fingerprint density at radius 3 is 2.48 bits per heavy atom. The van der Waals surface area contributed by atoms with Gasteiger partial charge in [0.25, 0.3) is 0 Å². The van der Waals surface area contributed by atoms with E-state index in [4.69, 9.17) is 11.6 Å². The highest BCUT2D eigenvalue weighted by Gasteiger charge is 2.35. The molecule has 29 heavy (non-hydrogen) atoms. The Morgan fingerprint density at radius 2 is 1.79 bits per heavy atom. The lowest BCUT2D eigenvalue weighted by Crippen LogP contribution is -2.57. The first-order chi connectivity index (χ1) is 14.2. The number of aliphatic hydroxyl groups excluding tert-OH is 1. The van der Waals surface area contributed by atoms with Gasteiger partial charge in [-0.3, -0.25) is 9.58 Å². The van der Waals surface area contributed by atoms with Crippen molar-refractivity contribution in [3.05, 3.63) is 35.7 Å². The van der Waals surface area contributed by atoms with Gasteiger partial charge < -0.3 is 10.0 Å². The Labute approximate surface area is 174 Å². The lowest BCUT2D eigenvalue weighted by molar-refractivity contribution is -0.0229. The summed E-state index contributed by atoms with van der Waals surface area (Å²) in [4.78, 5) is 4.78. The molecule has 0 spiro atoms. The first-order valence-electron chi connectivity index (χ1n) is 10.6. The molecule has 2 aliphatic carbocycles. The Balaban J connectivity index is 1.28. The Morgan fingerprint density at radius 1 is 0.966 bits per heavy atom. The van der Waals surface area contributed by atoms with Gasteiger partial charge in [0.15, 0.2) is 0 Å². The molecular weight excluding hydrogens is 388 g/mol. The zero-order valence-electron chi connectivity index (χ0n) is 16.3. The summed E-state index contributed by atoms with van der Waals surface area (Å²) in [6.07, 6.45) is 10.2. The summed E-state index contributed by atoms with van der Waals surface area (Å²) in [5, 5.41) is 20.9. The first-order valence-corrected chi connectivity index (χ1v) is 10.9. The van der Waals surface area contributed by atoms with Crippen molar-refractivity contribution in [3.63, 3.8) is 0 Å². The fourth-order valence-corrected chi connectivity index (χ4v) is 4.94. The number of hydrogen-bond donors (Lipinski definition) is 1. The summed E-state index contributed by atoms with van der Waals surface area (Å²) in [5.74, 6) is 0. The van der Waals surface area contributed by atoms with E-state index in [1.165, 1.54) is 12.8 Å². The zero-order valence-corrected chi connectivity index (χ0v) is 17.0. The standard InChI is InChI=1S/C21H25ClN6O/c22-17-9-14-11-24-28(16-12-23-27(13-16)15-1-2-15)19(14)10-20(17)26-7-5-25(6-8-26)18-3-4-21(18)29/h9-13,15,18,21,29H,1-8H2. The molecule has 0 amide bonds. The van der Waals surface area contributed by atoms with Crippen LogP contribution in [0.1, 0.15) is 31.7 Å². The van der Waals surface area contributed by atoms with Crippen molar-refractivity contribution in [2.45, 2.75) is 43.9 Å². The number of rotatable bonds is 4. The molecule has 7 nitrogen and oxygen atoms in total. The Hall–Kier alpha value is -2.09. The average Bonchev–Trinajstić information content (AvgIpc) is 3.31. The van der Waals surface area contributed by atoms with Crippen molar-refractivity contribution in [1.82, 2.24) is 24.5 Å². The molecule has 1 saturated heterocycles. The second-order valence-electron chi connectivity index (χ2n) is 8.56. The smallest absolute Gasteiger partial charge is 0.103 e. The summed E-state index contributed by atoms with van der Waals surface area (Å²) >= 11 is 6.66. The molecule has 1 N–H and O–H groups in total. The van der Waals surface area contributed by atoms with Gasteiger partial charge in [-0.05, 0) is 37.8 Å². The van der Waals surface area contributed by atoms with Gasteiger partial charge in [-0.1, -0.05) is 11.6 Å². The van der Waals surface area contributed by atoms with Crippen LogP contribution < -0.4 is 4.90 Å². The van der Waals surface area contributed by atoms with Gasteiger partial charge in [-0.2, -0.15) is 10.2 Å². The molecule has 6 rings (SSSR count). The molecule has 3 heterocycles. The highest BCUT2D eigenvalue weighted by atomic mass is 35.5. The van der Waals surface area contributed by atoms with E-state index in [0.717, 1.165) is 66.3 Å². The fraction of sp³-hybridized carbons (Fsp3) is 0.524. The first kappa shape index (κ1) is 17.7. The normalized spacial score (nSPS) is 25.5. The predicted octanol–water partition coefficient (Wildman–Crippen LogP) is 2.86. The minimum Gasteiger partial charge on any atom is -0.391 e. The van der Waals surface area contributed by atoms with Crippen LogP contribution in [0.4, 0.5) is 5.69 Å². The van der Waals surface area contributed by atoms with Crippen molar-refractivity contribution in [3.8, 4) is 5.69 Å². The van der Waals surface area contributed by atoms with Gasteiger partial charge in [-0.25, -0.2) is 4.68 Å². The van der Waals surface area contributed by atoms with Crippen LogP contribution in [0.2, 0.25) is 5.02 Å². The average molecular weight is 413 g/mol. The van der Waals surface area contributed by atoms with Gasteiger partial charge >= 0.3 is 0 Å². The minimum atomic E-state index is -0.146. The summed E-state index contributed by atoms with van der Waals surface area (Å²) in [7, 11) is 0. The van der Waals surface area contributed by atoms with E-state index in [1.54, 1.807) is 0 Å². The Kier molecular flexibility index (Phi) is 4.11. The minimum absolute atomic E-state index is 0.146. The third-order valence-corrected chi connectivity index (χ3v) is 7.02. The monoisotopic (exact) mass is 412 g/mol. The number of nitrogens with zero attached hydrogens (tertiary/aromatic N) is 6. The third kappa shape index (κ3) is 3.03. The lowest BCUT2D eigenvalue weighted by Gasteiger charge is -2.46. The molecule has 3 aromatic rings. The van der Waals surface area contributed by atoms with Crippen LogP contribution in [-0.4, -0.2) is 67.9 Å². The molecular formula is C21H25ClN6O. The van der Waals surface area contributed by atoms with Crippen molar-refractivity contribution >= 4 is 28.2 Å². The predicted molar refractivity (Wildman–Crippen MR) is 113 cm³/mol. The maximum atomic E-state index is 9.97. The number of piperazine rings is 1. The zero-order chi connectivity index (χ0) is 19.5. The summed E-state index contributed by atoms with van der Waals surface area (Å²) < 4.78 is 4.01. The molecule has 1 aromatic carbocycles. The SMILES string of the molecule is OC1CCC1N1CCN(c2cc3c(cnn3-c3cnn(C4CC4)c3)cc2Cl)CC1. The van der Waals surface area contributed by atoms with Crippen molar-refractivity contribution in [1.29, 1.82) is 0 Å². The van der Waals surface area contributed by atoms with Gasteiger partial charge in [0.2, 0.25) is 0 Å². The molecule has 152 valence electrons. The largest absolute Gasteiger partial charge is 0.391 e. The van der Waals surface area contributed by atoms with E-state index in [9.17, 15) is 5.11 Å². The van der Waals surface area contributed by atoms with Gasteiger partial charge in [-0.15, -0.1) is 0 Å². The molecule has 0 radical (unpaired) electrons. The van der Waals surface area contributed by atoms with Gasteiger partial charge in [0, 0.05) is 37.6 Å². The van der Waals surface area contributed by atoms with E-state index in [0.29, 0.717) is 12.1 Å². The fourth-order valence-electron chi connectivity index (χ4n) is 4.64. The summed E-state index contributed by atoms with van der Waals surface area (Å²) in [6.45, 7) is 3.76. The maximum absolute atomic E-state index is 9.97. The number of anilines is 1. The van der Waals surface area contributed by atoms with E-state index < -0.39 is 0 Å². The molecule has 2 saturated carbocycles. The molecule has 8 heteroatoms. The highest BCUT2D eigenvalue weighted by molar-refractivity contribution is 6.34. The second kappa shape index (κ2) is 6.72. The van der Waals surface area contributed by atoms with Crippen LogP contribution in [0.25, 0.3) is 16.6 Å². The summed E-state index contributed by atoms with van der Waals surface area (Å²) in [6, 6.07) is 5.08. The number of halogens is 1. The molecule has 2 atom stereocenters. The lowest BCUT2D eigenvalue weighted by atomic mass is 9.87. The van der Waals surface area contributed by atoms with Crippen LogP contribution >= 0.6 is 11.6 Å². The van der Waals surface area contributed by atoms with Crippen LogP contribution in [0, 0.1) is 0 Å². The van der Waals surface area contributed by atoms with Gasteiger partial charge in [0.05, 0.1) is 47.0 Å². The molecule has 2 aromatic heterocycles. The molecule has 3 aliphatic rings.